The second-order valence-electron chi connectivity index (χ2n) is 6.85. The summed E-state index contributed by atoms with van der Waals surface area (Å²) in [6.07, 6.45) is 8.08. The fraction of sp³-hybridized carbons (Fsp3) is 0.300. The molecule has 0 saturated carbocycles. The van der Waals surface area contributed by atoms with Gasteiger partial charge in [-0.25, -0.2) is 9.97 Å². The number of amides is 1. The van der Waals surface area contributed by atoms with Gasteiger partial charge in [-0.2, -0.15) is 0 Å². The summed E-state index contributed by atoms with van der Waals surface area (Å²) in [6, 6.07) is 7.96. The van der Waals surface area contributed by atoms with Crippen LogP contribution in [0.25, 0.3) is 0 Å². The molecule has 0 aliphatic heterocycles. The first-order valence-electron chi connectivity index (χ1n) is 8.91. The average molecular weight is 364 g/mol. The maximum absolute atomic E-state index is 13.0. The highest BCUT2D eigenvalue weighted by Crippen LogP contribution is 2.25. The van der Waals surface area contributed by atoms with Crippen molar-refractivity contribution in [1.29, 1.82) is 0 Å². The van der Waals surface area contributed by atoms with E-state index in [1.165, 1.54) is 12.4 Å². The fourth-order valence-corrected chi connectivity index (χ4v) is 2.83. The van der Waals surface area contributed by atoms with E-state index in [4.69, 9.17) is 0 Å². The Morgan fingerprint density at radius 3 is 2.63 bits per heavy atom. The van der Waals surface area contributed by atoms with Gasteiger partial charge in [0.15, 0.2) is 0 Å². The molecule has 0 fully saturated rings. The van der Waals surface area contributed by atoms with Crippen LogP contribution in [-0.2, 0) is 6.54 Å². The Balaban J connectivity index is 1.87. The van der Waals surface area contributed by atoms with Crippen LogP contribution in [-0.4, -0.2) is 39.4 Å². The predicted octanol–water partition coefficient (Wildman–Crippen LogP) is 3.14. The third-order valence-corrected chi connectivity index (χ3v) is 4.12. The molecule has 7 heteroatoms. The molecule has 1 amide bonds. The van der Waals surface area contributed by atoms with Crippen molar-refractivity contribution in [2.24, 2.45) is 5.92 Å². The monoisotopic (exact) mass is 364 g/mol. The number of hydrogen-bond donors (Lipinski definition) is 1. The largest absolute Gasteiger partial charge is 0.369 e. The molecule has 1 aromatic carbocycles. The number of carbonyl (C=O) groups excluding carboxylic acids is 1. The molecule has 1 N–H and O–H groups in total. The Kier molecular flexibility index (Phi) is 5.80. The Bertz CT molecular complexity index is 863. The number of nitrogens with one attached hydrogen (secondary N) is 1. The minimum atomic E-state index is -0.148. The number of hydrogen-bond acceptors (Lipinski definition) is 5. The van der Waals surface area contributed by atoms with Crippen molar-refractivity contribution < 1.29 is 4.79 Å². The van der Waals surface area contributed by atoms with Gasteiger partial charge in [-0.15, -0.1) is 0 Å². The quantitative estimate of drug-likeness (QED) is 0.697. The molecule has 0 aliphatic rings. The van der Waals surface area contributed by atoms with E-state index in [9.17, 15) is 4.79 Å². The molecular formula is C20H24N6O. The number of rotatable bonds is 7. The summed E-state index contributed by atoms with van der Waals surface area (Å²) in [4.78, 5) is 32.2. The van der Waals surface area contributed by atoms with Crippen LogP contribution in [0.4, 0.5) is 11.4 Å². The van der Waals surface area contributed by atoms with E-state index in [-0.39, 0.29) is 5.91 Å². The van der Waals surface area contributed by atoms with Crippen molar-refractivity contribution in [3.8, 4) is 0 Å². The van der Waals surface area contributed by atoms with Gasteiger partial charge in [0, 0.05) is 43.6 Å². The van der Waals surface area contributed by atoms with Gasteiger partial charge in [-0.1, -0.05) is 19.9 Å². The second-order valence-corrected chi connectivity index (χ2v) is 6.85. The number of carbonyl (C=O) groups is 1. The van der Waals surface area contributed by atoms with Crippen molar-refractivity contribution in [3.63, 3.8) is 0 Å². The Labute approximate surface area is 159 Å². The SMILES string of the molecule is CC(C)CN(C(=O)c1cnccn1)c1cccc(N(C)Cc2cnc[nH]2)c1. The van der Waals surface area contributed by atoms with E-state index in [0.29, 0.717) is 24.7 Å². The maximum Gasteiger partial charge on any atom is 0.278 e. The molecule has 2 aromatic heterocycles. The van der Waals surface area contributed by atoms with Crippen LogP contribution in [0.2, 0.25) is 0 Å². The number of aromatic nitrogens is 4. The van der Waals surface area contributed by atoms with E-state index in [1.54, 1.807) is 17.4 Å². The second kappa shape index (κ2) is 8.44. The van der Waals surface area contributed by atoms with E-state index in [1.807, 2.05) is 37.5 Å². The zero-order chi connectivity index (χ0) is 19.2. The smallest absolute Gasteiger partial charge is 0.278 e. The predicted molar refractivity (Wildman–Crippen MR) is 106 cm³/mol. The first-order chi connectivity index (χ1) is 13.0. The van der Waals surface area contributed by atoms with Crippen molar-refractivity contribution in [1.82, 2.24) is 19.9 Å². The molecule has 0 saturated heterocycles. The summed E-state index contributed by atoms with van der Waals surface area (Å²) in [5.74, 6) is 0.169. The zero-order valence-corrected chi connectivity index (χ0v) is 15.8. The zero-order valence-electron chi connectivity index (χ0n) is 15.8. The number of benzene rings is 1. The van der Waals surface area contributed by atoms with Crippen LogP contribution in [0.15, 0.2) is 55.4 Å². The third-order valence-electron chi connectivity index (χ3n) is 4.12. The molecule has 140 valence electrons. The average Bonchev–Trinajstić information content (AvgIpc) is 3.19. The van der Waals surface area contributed by atoms with Gasteiger partial charge in [0.05, 0.1) is 24.8 Å². The number of H-pyrrole nitrogens is 1. The highest BCUT2D eigenvalue weighted by molar-refractivity contribution is 6.04. The molecule has 3 rings (SSSR count). The summed E-state index contributed by atoms with van der Waals surface area (Å²) in [5, 5.41) is 0. The van der Waals surface area contributed by atoms with E-state index in [2.05, 4.69) is 38.7 Å². The van der Waals surface area contributed by atoms with Crippen LogP contribution in [0.1, 0.15) is 30.0 Å². The van der Waals surface area contributed by atoms with Crippen molar-refractivity contribution in [2.75, 3.05) is 23.4 Å². The van der Waals surface area contributed by atoms with Crippen LogP contribution in [0, 0.1) is 5.92 Å². The molecule has 2 heterocycles. The van der Waals surface area contributed by atoms with E-state index in [0.717, 1.165) is 17.1 Å². The van der Waals surface area contributed by atoms with Gasteiger partial charge in [0.2, 0.25) is 0 Å². The minimum absolute atomic E-state index is 0.148. The number of imidazole rings is 1. The van der Waals surface area contributed by atoms with Gasteiger partial charge in [0.25, 0.3) is 5.91 Å². The summed E-state index contributed by atoms with van der Waals surface area (Å²) in [6.45, 7) is 5.48. The van der Waals surface area contributed by atoms with Gasteiger partial charge in [-0.05, 0) is 24.1 Å². The van der Waals surface area contributed by atoms with Crippen molar-refractivity contribution in [3.05, 3.63) is 66.8 Å². The topological polar surface area (TPSA) is 78.0 Å². The summed E-state index contributed by atoms with van der Waals surface area (Å²) >= 11 is 0. The molecule has 0 bridgehead atoms. The molecule has 27 heavy (non-hydrogen) atoms. The lowest BCUT2D eigenvalue weighted by Gasteiger charge is -2.26. The van der Waals surface area contributed by atoms with E-state index < -0.39 is 0 Å². The van der Waals surface area contributed by atoms with Gasteiger partial charge in [0.1, 0.15) is 5.69 Å². The van der Waals surface area contributed by atoms with Gasteiger partial charge >= 0.3 is 0 Å². The minimum Gasteiger partial charge on any atom is -0.369 e. The van der Waals surface area contributed by atoms with Crippen LogP contribution >= 0.6 is 0 Å². The molecule has 0 aliphatic carbocycles. The van der Waals surface area contributed by atoms with Crippen LogP contribution < -0.4 is 9.80 Å². The molecule has 0 radical (unpaired) electrons. The first kappa shape index (κ1) is 18.6. The third kappa shape index (κ3) is 4.69. The fourth-order valence-electron chi connectivity index (χ4n) is 2.83. The highest BCUT2D eigenvalue weighted by atomic mass is 16.2. The summed E-state index contributed by atoms with van der Waals surface area (Å²) in [7, 11) is 2.01. The number of anilines is 2. The Hall–Kier alpha value is -3.22. The Morgan fingerprint density at radius 2 is 1.96 bits per heavy atom. The lowest BCUT2D eigenvalue weighted by atomic mass is 10.1. The molecule has 0 unspecified atom stereocenters. The normalized spacial score (nSPS) is 10.8. The van der Waals surface area contributed by atoms with Crippen LogP contribution in [0.5, 0.6) is 0 Å². The first-order valence-corrected chi connectivity index (χ1v) is 8.91. The molecule has 0 spiro atoms. The number of aromatic amines is 1. The van der Waals surface area contributed by atoms with Crippen molar-refractivity contribution in [2.45, 2.75) is 20.4 Å². The summed E-state index contributed by atoms with van der Waals surface area (Å²) < 4.78 is 0. The lowest BCUT2D eigenvalue weighted by molar-refractivity contribution is 0.0978. The molecule has 3 aromatic rings. The lowest BCUT2D eigenvalue weighted by Crippen LogP contribution is -2.35. The standard InChI is InChI=1S/C20H24N6O/c1-15(2)12-26(20(27)19-11-21-7-8-23-19)18-6-4-5-17(9-18)25(3)13-16-10-22-14-24-16/h4-11,14-15H,12-13H2,1-3H3,(H,22,24). The molecule has 0 atom stereocenters. The van der Waals surface area contributed by atoms with E-state index >= 15 is 0 Å². The number of nitrogens with zero attached hydrogens (tertiary/aromatic N) is 5. The maximum atomic E-state index is 13.0. The van der Waals surface area contributed by atoms with Crippen molar-refractivity contribution >= 4 is 17.3 Å². The molecule has 7 nitrogen and oxygen atoms in total. The van der Waals surface area contributed by atoms with Crippen LogP contribution in [0.3, 0.4) is 0 Å². The van der Waals surface area contributed by atoms with Gasteiger partial charge < -0.3 is 14.8 Å². The summed E-state index contributed by atoms with van der Waals surface area (Å²) in [5.41, 5.74) is 3.23. The van der Waals surface area contributed by atoms with Gasteiger partial charge in [-0.3, -0.25) is 9.78 Å². The Morgan fingerprint density at radius 1 is 1.15 bits per heavy atom. The molecular weight excluding hydrogens is 340 g/mol. The highest BCUT2D eigenvalue weighted by Gasteiger charge is 2.20.